The van der Waals surface area contributed by atoms with Crippen molar-refractivity contribution in [3.63, 3.8) is 0 Å². The summed E-state index contributed by atoms with van der Waals surface area (Å²) in [6.07, 6.45) is -0.909. The van der Waals surface area contributed by atoms with E-state index in [0.717, 1.165) is 0 Å². The number of alkyl carbamates (subject to hydrolysis) is 1. The third-order valence-corrected chi connectivity index (χ3v) is 2.53. The normalized spacial score (nSPS) is 20.1. The van der Waals surface area contributed by atoms with Crippen molar-refractivity contribution >= 4 is 24.5 Å². The molecule has 1 amide bonds. The zero-order valence-corrected chi connectivity index (χ0v) is 11.2. The SMILES string of the molecule is CC(=O)Oc1cccc([C@@H]2NC(=O)OCC2(F)F)c1.Cl. The van der Waals surface area contributed by atoms with Gasteiger partial charge in [0.15, 0.2) is 6.61 Å². The van der Waals surface area contributed by atoms with Crippen molar-refractivity contribution in [3.05, 3.63) is 29.8 Å². The van der Waals surface area contributed by atoms with Gasteiger partial charge in [0.25, 0.3) is 0 Å². The van der Waals surface area contributed by atoms with Crippen LogP contribution in [-0.4, -0.2) is 24.6 Å². The second-order valence-electron chi connectivity index (χ2n) is 4.08. The van der Waals surface area contributed by atoms with E-state index in [-0.39, 0.29) is 23.7 Å². The van der Waals surface area contributed by atoms with Gasteiger partial charge >= 0.3 is 18.0 Å². The highest BCUT2D eigenvalue weighted by Crippen LogP contribution is 2.35. The first kappa shape index (κ1) is 16.2. The first-order chi connectivity index (χ1) is 8.88. The van der Waals surface area contributed by atoms with Crippen LogP contribution in [0.5, 0.6) is 5.75 Å². The number of rotatable bonds is 2. The second-order valence-corrected chi connectivity index (χ2v) is 4.08. The van der Waals surface area contributed by atoms with Crippen LogP contribution in [0.25, 0.3) is 0 Å². The smallest absolute Gasteiger partial charge is 0.408 e. The fraction of sp³-hybridized carbons (Fsp3) is 0.333. The van der Waals surface area contributed by atoms with Crippen molar-refractivity contribution in [1.82, 2.24) is 5.32 Å². The Morgan fingerprint density at radius 3 is 2.85 bits per heavy atom. The summed E-state index contributed by atoms with van der Waals surface area (Å²) in [5.74, 6) is -3.65. The van der Waals surface area contributed by atoms with E-state index < -0.39 is 30.6 Å². The molecule has 1 fully saturated rings. The van der Waals surface area contributed by atoms with Gasteiger partial charge in [-0.15, -0.1) is 12.4 Å². The van der Waals surface area contributed by atoms with E-state index in [4.69, 9.17) is 4.74 Å². The van der Waals surface area contributed by atoms with Crippen LogP contribution in [0.4, 0.5) is 13.6 Å². The summed E-state index contributed by atoms with van der Waals surface area (Å²) in [7, 11) is 0. The fourth-order valence-corrected chi connectivity index (χ4v) is 1.76. The molecular weight excluding hydrogens is 296 g/mol. The topological polar surface area (TPSA) is 64.6 Å². The van der Waals surface area contributed by atoms with Crippen molar-refractivity contribution in [3.8, 4) is 5.75 Å². The molecule has 1 aromatic carbocycles. The Kier molecular flexibility index (Phi) is 4.88. The molecule has 1 saturated heterocycles. The average Bonchev–Trinajstić information content (AvgIpc) is 2.32. The molecule has 1 aromatic rings. The lowest BCUT2D eigenvalue weighted by Gasteiger charge is -2.31. The Labute approximate surface area is 119 Å². The molecule has 0 spiro atoms. The zero-order valence-electron chi connectivity index (χ0n) is 10.4. The van der Waals surface area contributed by atoms with Gasteiger partial charge in [0.2, 0.25) is 0 Å². The molecule has 0 unspecified atom stereocenters. The minimum Gasteiger partial charge on any atom is -0.443 e. The van der Waals surface area contributed by atoms with Crippen LogP contribution in [0.2, 0.25) is 0 Å². The predicted octanol–water partition coefficient (Wildman–Crippen LogP) is 2.45. The van der Waals surface area contributed by atoms with Crippen molar-refractivity contribution in [2.24, 2.45) is 0 Å². The molecule has 0 radical (unpaired) electrons. The molecule has 0 aliphatic carbocycles. The molecule has 5 nitrogen and oxygen atoms in total. The number of carbonyl (C=O) groups excluding carboxylic acids is 2. The number of amides is 1. The number of cyclic esters (lactones) is 1. The molecule has 0 saturated carbocycles. The predicted molar refractivity (Wildman–Crippen MR) is 67.2 cm³/mol. The summed E-state index contributed by atoms with van der Waals surface area (Å²) < 4.78 is 36.4. The summed E-state index contributed by atoms with van der Waals surface area (Å²) >= 11 is 0. The van der Waals surface area contributed by atoms with Gasteiger partial charge in [-0.2, -0.15) is 0 Å². The van der Waals surface area contributed by atoms with E-state index >= 15 is 0 Å². The molecule has 20 heavy (non-hydrogen) atoms. The molecule has 0 bridgehead atoms. The van der Waals surface area contributed by atoms with E-state index in [1.54, 1.807) is 0 Å². The first-order valence-corrected chi connectivity index (χ1v) is 5.48. The van der Waals surface area contributed by atoms with Crippen LogP contribution in [-0.2, 0) is 9.53 Å². The van der Waals surface area contributed by atoms with Gasteiger partial charge in [-0.25, -0.2) is 13.6 Å². The Morgan fingerprint density at radius 2 is 2.20 bits per heavy atom. The molecule has 1 atom stereocenters. The summed E-state index contributed by atoms with van der Waals surface area (Å²) in [5.41, 5.74) is 0.139. The van der Waals surface area contributed by atoms with Gasteiger partial charge in [0, 0.05) is 6.92 Å². The molecule has 8 heteroatoms. The monoisotopic (exact) mass is 307 g/mol. The number of ether oxygens (including phenoxy) is 2. The largest absolute Gasteiger partial charge is 0.443 e. The number of benzene rings is 1. The molecule has 1 N–H and O–H groups in total. The van der Waals surface area contributed by atoms with Gasteiger partial charge in [0.1, 0.15) is 11.8 Å². The van der Waals surface area contributed by atoms with E-state index in [1.165, 1.54) is 31.2 Å². The number of hydrogen-bond acceptors (Lipinski definition) is 4. The quantitative estimate of drug-likeness (QED) is 0.673. The van der Waals surface area contributed by atoms with Gasteiger partial charge in [-0.3, -0.25) is 4.79 Å². The molecule has 1 aliphatic heterocycles. The number of halogens is 3. The van der Waals surface area contributed by atoms with Gasteiger partial charge in [0.05, 0.1) is 0 Å². The lowest BCUT2D eigenvalue weighted by Crippen LogP contribution is -2.49. The van der Waals surface area contributed by atoms with Crippen molar-refractivity contribution in [2.75, 3.05) is 6.61 Å². The van der Waals surface area contributed by atoms with Gasteiger partial charge in [-0.1, -0.05) is 12.1 Å². The Bertz CT molecular complexity index is 524. The van der Waals surface area contributed by atoms with E-state index in [0.29, 0.717) is 0 Å². The number of nitrogens with one attached hydrogen (secondary N) is 1. The molecule has 110 valence electrons. The van der Waals surface area contributed by atoms with E-state index in [1.807, 2.05) is 0 Å². The van der Waals surface area contributed by atoms with Crippen LogP contribution in [0.3, 0.4) is 0 Å². The summed E-state index contributed by atoms with van der Waals surface area (Å²) in [4.78, 5) is 21.9. The Morgan fingerprint density at radius 1 is 1.50 bits per heavy atom. The molecule has 1 heterocycles. The first-order valence-electron chi connectivity index (χ1n) is 5.48. The minimum absolute atomic E-state index is 0. The highest BCUT2D eigenvalue weighted by Gasteiger charge is 2.46. The van der Waals surface area contributed by atoms with E-state index in [9.17, 15) is 18.4 Å². The minimum atomic E-state index is -3.23. The third kappa shape index (κ3) is 3.57. The standard InChI is InChI=1S/C12H11F2NO4.ClH/c1-7(16)19-9-4-2-3-8(5-9)10-12(13,14)6-18-11(17)15-10;/h2-5,10H,6H2,1H3,(H,15,17);1H/t10-;/m0./s1. The third-order valence-electron chi connectivity index (χ3n) is 2.53. The van der Waals surface area contributed by atoms with Crippen molar-refractivity contribution in [2.45, 2.75) is 18.9 Å². The van der Waals surface area contributed by atoms with Crippen molar-refractivity contribution in [1.29, 1.82) is 0 Å². The van der Waals surface area contributed by atoms with Crippen LogP contribution in [0, 0.1) is 0 Å². The second kappa shape index (κ2) is 6.04. The van der Waals surface area contributed by atoms with Gasteiger partial charge < -0.3 is 14.8 Å². The van der Waals surface area contributed by atoms with E-state index in [2.05, 4.69) is 10.1 Å². The molecule has 1 aliphatic rings. The summed E-state index contributed by atoms with van der Waals surface area (Å²) in [5, 5.41) is 2.05. The maximum atomic E-state index is 13.7. The van der Waals surface area contributed by atoms with Crippen LogP contribution < -0.4 is 10.1 Å². The lowest BCUT2D eigenvalue weighted by molar-refractivity contribution is -0.131. The highest BCUT2D eigenvalue weighted by molar-refractivity contribution is 5.85. The zero-order chi connectivity index (χ0) is 14.0. The number of carbonyl (C=O) groups is 2. The lowest BCUT2D eigenvalue weighted by atomic mass is 10.00. The van der Waals surface area contributed by atoms with Gasteiger partial charge in [-0.05, 0) is 17.7 Å². The Hall–Kier alpha value is -1.89. The molecule has 0 aromatic heterocycles. The van der Waals surface area contributed by atoms with Crippen molar-refractivity contribution < 1.29 is 27.8 Å². The number of esters is 1. The highest BCUT2D eigenvalue weighted by atomic mass is 35.5. The van der Waals surface area contributed by atoms with Crippen LogP contribution in [0.1, 0.15) is 18.5 Å². The number of hydrogen-bond donors (Lipinski definition) is 1. The summed E-state index contributed by atoms with van der Waals surface area (Å²) in [6, 6.07) is 4.11. The maximum Gasteiger partial charge on any atom is 0.408 e. The summed E-state index contributed by atoms with van der Waals surface area (Å²) in [6.45, 7) is 0.221. The number of alkyl halides is 2. The Balaban J connectivity index is 0.00000200. The van der Waals surface area contributed by atoms with Crippen LogP contribution in [0.15, 0.2) is 24.3 Å². The molecule has 2 rings (SSSR count). The molecular formula is C12H12ClF2NO4. The fourth-order valence-electron chi connectivity index (χ4n) is 1.76. The maximum absolute atomic E-state index is 13.7. The average molecular weight is 308 g/mol. The van der Waals surface area contributed by atoms with Crippen LogP contribution >= 0.6 is 12.4 Å².